The number of ether oxygens (including phenoxy) is 1. The molecule has 0 atom stereocenters. The maximum Gasteiger partial charge on any atom is 0.260 e. The summed E-state index contributed by atoms with van der Waals surface area (Å²) in [6.07, 6.45) is 0.357. The first-order chi connectivity index (χ1) is 9.56. The lowest BCUT2D eigenvalue weighted by Gasteiger charge is -2.19. The smallest absolute Gasteiger partial charge is 0.260 e. The Hall–Kier alpha value is -2.04. The Morgan fingerprint density at radius 1 is 1.30 bits per heavy atom. The van der Waals surface area contributed by atoms with E-state index in [1.165, 1.54) is 5.56 Å². The molecule has 0 saturated carbocycles. The van der Waals surface area contributed by atoms with Gasteiger partial charge in [0, 0.05) is 26.1 Å². The van der Waals surface area contributed by atoms with Gasteiger partial charge in [-0.2, -0.15) is 0 Å². The maximum atomic E-state index is 12.0. The number of aryl methyl sites for hydroxylation is 2. The summed E-state index contributed by atoms with van der Waals surface area (Å²) in [5.41, 5.74) is 2.33. The third-order valence-electron chi connectivity index (χ3n) is 3.51. The van der Waals surface area contributed by atoms with Crippen molar-refractivity contribution in [1.82, 2.24) is 10.2 Å². The summed E-state index contributed by atoms with van der Waals surface area (Å²) in [5, 5.41) is 2.74. The predicted octanol–water partition coefficient (Wildman–Crippen LogP) is 1.03. The SMILES string of the molecule is Cc1ccc(OCC(=O)N2CCNC(=O)CC2)cc1C. The molecule has 1 aromatic rings. The molecule has 2 amide bonds. The summed E-state index contributed by atoms with van der Waals surface area (Å²) in [5.74, 6) is 0.612. The molecule has 1 aliphatic heterocycles. The largest absolute Gasteiger partial charge is 0.484 e. The highest BCUT2D eigenvalue weighted by Crippen LogP contribution is 2.16. The molecule has 20 heavy (non-hydrogen) atoms. The first kappa shape index (κ1) is 14.4. The van der Waals surface area contributed by atoms with Crippen molar-refractivity contribution in [3.63, 3.8) is 0 Å². The van der Waals surface area contributed by atoms with Crippen LogP contribution in [0.2, 0.25) is 0 Å². The Balaban J connectivity index is 1.88. The summed E-state index contributed by atoms with van der Waals surface area (Å²) in [7, 11) is 0. The Labute approximate surface area is 118 Å². The molecule has 5 nitrogen and oxygen atoms in total. The molecule has 1 fully saturated rings. The zero-order chi connectivity index (χ0) is 14.5. The van der Waals surface area contributed by atoms with Crippen molar-refractivity contribution >= 4 is 11.8 Å². The topological polar surface area (TPSA) is 58.6 Å². The summed E-state index contributed by atoms with van der Waals surface area (Å²) in [4.78, 5) is 24.9. The predicted molar refractivity (Wildman–Crippen MR) is 75.6 cm³/mol. The van der Waals surface area contributed by atoms with Gasteiger partial charge in [-0.25, -0.2) is 0 Å². The zero-order valence-electron chi connectivity index (χ0n) is 11.9. The molecular weight excluding hydrogens is 256 g/mol. The number of nitrogens with zero attached hydrogens (tertiary/aromatic N) is 1. The monoisotopic (exact) mass is 276 g/mol. The molecule has 0 aliphatic carbocycles. The van der Waals surface area contributed by atoms with E-state index in [1.54, 1.807) is 4.90 Å². The van der Waals surface area contributed by atoms with E-state index in [0.717, 1.165) is 5.56 Å². The van der Waals surface area contributed by atoms with Gasteiger partial charge in [0.2, 0.25) is 5.91 Å². The van der Waals surface area contributed by atoms with Gasteiger partial charge in [0.25, 0.3) is 5.91 Å². The fourth-order valence-corrected chi connectivity index (χ4v) is 2.06. The molecule has 1 saturated heterocycles. The molecule has 0 spiro atoms. The van der Waals surface area contributed by atoms with Crippen LogP contribution in [0.5, 0.6) is 5.75 Å². The van der Waals surface area contributed by atoms with E-state index in [9.17, 15) is 9.59 Å². The number of carbonyl (C=O) groups is 2. The standard InChI is InChI=1S/C15H20N2O3/c1-11-3-4-13(9-12(11)2)20-10-15(19)17-7-5-14(18)16-6-8-17/h3-4,9H,5-8,10H2,1-2H3,(H,16,18). The molecule has 0 unspecified atom stereocenters. The number of amides is 2. The van der Waals surface area contributed by atoms with Crippen molar-refractivity contribution in [2.75, 3.05) is 26.2 Å². The summed E-state index contributed by atoms with van der Waals surface area (Å²) < 4.78 is 5.53. The normalized spacial score (nSPS) is 15.5. The minimum atomic E-state index is -0.0836. The Bertz CT molecular complexity index is 514. The third kappa shape index (κ3) is 3.73. The van der Waals surface area contributed by atoms with Gasteiger partial charge in [-0.3, -0.25) is 9.59 Å². The van der Waals surface area contributed by atoms with Gasteiger partial charge in [0.05, 0.1) is 0 Å². The molecule has 0 aromatic heterocycles. The second-order valence-electron chi connectivity index (χ2n) is 5.02. The quantitative estimate of drug-likeness (QED) is 0.897. The second-order valence-corrected chi connectivity index (χ2v) is 5.02. The van der Waals surface area contributed by atoms with Crippen LogP contribution in [0, 0.1) is 13.8 Å². The highest BCUT2D eigenvalue weighted by molar-refractivity contribution is 5.80. The number of carbonyl (C=O) groups excluding carboxylic acids is 2. The van der Waals surface area contributed by atoms with Gasteiger partial charge in [-0.15, -0.1) is 0 Å². The van der Waals surface area contributed by atoms with E-state index < -0.39 is 0 Å². The first-order valence-corrected chi connectivity index (χ1v) is 6.81. The Morgan fingerprint density at radius 3 is 2.85 bits per heavy atom. The third-order valence-corrected chi connectivity index (χ3v) is 3.51. The van der Waals surface area contributed by atoms with Crippen LogP contribution in [-0.4, -0.2) is 43.0 Å². The van der Waals surface area contributed by atoms with Gasteiger partial charge >= 0.3 is 0 Å². The number of benzene rings is 1. The lowest BCUT2D eigenvalue weighted by Crippen LogP contribution is -2.37. The van der Waals surface area contributed by atoms with Crippen LogP contribution in [0.15, 0.2) is 18.2 Å². The lowest BCUT2D eigenvalue weighted by atomic mass is 10.1. The molecule has 1 aromatic carbocycles. The van der Waals surface area contributed by atoms with Crippen molar-refractivity contribution in [3.8, 4) is 5.75 Å². The molecule has 1 aliphatic rings. The highest BCUT2D eigenvalue weighted by atomic mass is 16.5. The van der Waals surface area contributed by atoms with Crippen molar-refractivity contribution in [2.24, 2.45) is 0 Å². The van der Waals surface area contributed by atoms with Crippen LogP contribution in [0.4, 0.5) is 0 Å². The van der Waals surface area contributed by atoms with Gasteiger partial charge in [0.1, 0.15) is 5.75 Å². The maximum absolute atomic E-state index is 12.0. The molecule has 1 heterocycles. The second kappa shape index (κ2) is 6.41. The highest BCUT2D eigenvalue weighted by Gasteiger charge is 2.18. The minimum Gasteiger partial charge on any atom is -0.484 e. The lowest BCUT2D eigenvalue weighted by molar-refractivity contribution is -0.133. The van der Waals surface area contributed by atoms with E-state index in [4.69, 9.17) is 4.74 Å². The Morgan fingerprint density at radius 2 is 2.10 bits per heavy atom. The molecule has 2 rings (SSSR count). The van der Waals surface area contributed by atoms with Crippen LogP contribution in [0.1, 0.15) is 17.5 Å². The summed E-state index contributed by atoms with van der Waals surface area (Å²) >= 11 is 0. The van der Waals surface area contributed by atoms with Crippen LogP contribution >= 0.6 is 0 Å². The average Bonchev–Trinajstić information content (AvgIpc) is 2.64. The molecule has 1 N–H and O–H groups in total. The minimum absolute atomic E-state index is 0.00428. The number of rotatable bonds is 3. The molecule has 5 heteroatoms. The van der Waals surface area contributed by atoms with E-state index in [0.29, 0.717) is 31.8 Å². The first-order valence-electron chi connectivity index (χ1n) is 6.81. The molecule has 108 valence electrons. The van der Waals surface area contributed by atoms with Crippen LogP contribution in [0.3, 0.4) is 0 Å². The van der Waals surface area contributed by atoms with E-state index >= 15 is 0 Å². The van der Waals surface area contributed by atoms with Crippen molar-refractivity contribution in [1.29, 1.82) is 0 Å². The fourth-order valence-electron chi connectivity index (χ4n) is 2.06. The Kier molecular flexibility index (Phi) is 4.61. The van der Waals surface area contributed by atoms with Gasteiger partial charge in [-0.05, 0) is 37.1 Å². The number of hydrogen-bond acceptors (Lipinski definition) is 3. The summed E-state index contributed by atoms with van der Waals surface area (Å²) in [6, 6.07) is 5.77. The van der Waals surface area contributed by atoms with E-state index in [2.05, 4.69) is 5.32 Å². The van der Waals surface area contributed by atoms with Crippen molar-refractivity contribution < 1.29 is 14.3 Å². The number of nitrogens with one attached hydrogen (secondary N) is 1. The van der Waals surface area contributed by atoms with Crippen molar-refractivity contribution in [2.45, 2.75) is 20.3 Å². The van der Waals surface area contributed by atoms with Gasteiger partial charge in [-0.1, -0.05) is 6.07 Å². The molecular formula is C15H20N2O3. The fraction of sp³-hybridized carbons (Fsp3) is 0.467. The van der Waals surface area contributed by atoms with Crippen molar-refractivity contribution in [3.05, 3.63) is 29.3 Å². The van der Waals surface area contributed by atoms with Crippen LogP contribution in [0.25, 0.3) is 0 Å². The van der Waals surface area contributed by atoms with Crippen LogP contribution in [-0.2, 0) is 9.59 Å². The van der Waals surface area contributed by atoms with E-state index in [1.807, 2.05) is 32.0 Å². The van der Waals surface area contributed by atoms with Gasteiger partial charge in [0.15, 0.2) is 6.61 Å². The zero-order valence-corrected chi connectivity index (χ0v) is 11.9. The average molecular weight is 276 g/mol. The van der Waals surface area contributed by atoms with Crippen LogP contribution < -0.4 is 10.1 Å². The molecule has 0 radical (unpaired) electrons. The summed E-state index contributed by atoms with van der Waals surface area (Å²) in [6.45, 7) is 5.56. The molecule has 0 bridgehead atoms. The van der Waals surface area contributed by atoms with E-state index in [-0.39, 0.29) is 18.4 Å². The van der Waals surface area contributed by atoms with Gasteiger partial charge < -0.3 is 15.0 Å². The number of hydrogen-bond donors (Lipinski definition) is 1.